The molecule has 0 aliphatic carbocycles. The molecule has 1 saturated heterocycles. The van der Waals surface area contributed by atoms with Gasteiger partial charge in [0.05, 0.1) is 10.6 Å². The lowest BCUT2D eigenvalue weighted by Gasteiger charge is -2.17. The Hall–Kier alpha value is -1.85. The molecule has 12 heteroatoms. The van der Waals surface area contributed by atoms with Crippen molar-refractivity contribution in [3.8, 4) is 0 Å². The third-order valence-corrected chi connectivity index (χ3v) is 6.05. The van der Waals surface area contributed by atoms with Gasteiger partial charge in [0.15, 0.2) is 6.61 Å². The maximum absolute atomic E-state index is 12.6. The van der Waals surface area contributed by atoms with E-state index in [2.05, 4.69) is 4.74 Å². The molecule has 1 fully saturated rings. The smallest absolute Gasteiger partial charge is 0.405 e. The minimum absolute atomic E-state index is 0.0821. The van der Waals surface area contributed by atoms with Gasteiger partial charge in [0.25, 0.3) is 5.91 Å². The lowest BCUT2D eigenvalue weighted by molar-refractivity contribution is -0.140. The largest absolute Gasteiger partial charge is 0.452 e. The first-order valence-electron chi connectivity index (χ1n) is 7.81. The fourth-order valence-corrected chi connectivity index (χ4v) is 4.38. The number of carbonyl (C=O) groups excluding carboxylic acids is 2. The molecule has 1 aliphatic heterocycles. The summed E-state index contributed by atoms with van der Waals surface area (Å²) >= 11 is 5.95. The first-order chi connectivity index (χ1) is 12.5. The summed E-state index contributed by atoms with van der Waals surface area (Å²) in [7, 11) is -3.89. The number of benzene rings is 1. The van der Waals surface area contributed by atoms with Crippen molar-refractivity contribution in [2.24, 2.45) is 0 Å². The van der Waals surface area contributed by atoms with Crippen LogP contribution in [-0.4, -0.2) is 57.0 Å². The Morgan fingerprint density at radius 2 is 1.85 bits per heavy atom. The molecule has 7 nitrogen and oxygen atoms in total. The number of ether oxygens (including phenoxy) is 1. The number of halogens is 4. The number of rotatable bonds is 6. The van der Waals surface area contributed by atoms with Gasteiger partial charge in [-0.1, -0.05) is 11.6 Å². The number of sulfonamides is 1. The molecule has 0 unspecified atom stereocenters. The third-order valence-electron chi connectivity index (χ3n) is 3.67. The van der Waals surface area contributed by atoms with E-state index in [4.69, 9.17) is 11.6 Å². The Labute approximate surface area is 158 Å². The summed E-state index contributed by atoms with van der Waals surface area (Å²) in [4.78, 5) is 23.0. The standard InChI is InChI=1S/C15H16ClF3N2O5S/c16-11-4-3-10(7-12(11)27(24,25)21-5-1-2-6-21)14(23)26-8-13(22)20-9-15(17,18)19/h3-4,7H,1-2,5-6,8-9H2,(H,20,22). The molecular weight excluding hydrogens is 413 g/mol. The summed E-state index contributed by atoms with van der Waals surface area (Å²) in [5.41, 5.74) is -0.194. The predicted octanol–water partition coefficient (Wildman–Crippen LogP) is 1.96. The van der Waals surface area contributed by atoms with Crippen LogP contribution in [0.3, 0.4) is 0 Å². The van der Waals surface area contributed by atoms with Gasteiger partial charge in [-0.3, -0.25) is 4.79 Å². The van der Waals surface area contributed by atoms with Crippen molar-refractivity contribution in [2.75, 3.05) is 26.2 Å². The Kier molecular flexibility index (Phi) is 6.71. The monoisotopic (exact) mass is 428 g/mol. The Balaban J connectivity index is 2.06. The van der Waals surface area contributed by atoms with Crippen LogP contribution in [0.25, 0.3) is 0 Å². The third kappa shape index (κ3) is 5.81. The molecule has 2 rings (SSSR count). The molecule has 1 aromatic rings. The van der Waals surface area contributed by atoms with Crippen LogP contribution in [0.4, 0.5) is 13.2 Å². The molecule has 0 radical (unpaired) electrons. The van der Waals surface area contributed by atoms with Crippen LogP contribution >= 0.6 is 11.6 Å². The van der Waals surface area contributed by atoms with E-state index >= 15 is 0 Å². The summed E-state index contributed by atoms with van der Waals surface area (Å²) in [6, 6.07) is 3.41. The molecule has 150 valence electrons. The summed E-state index contributed by atoms with van der Waals surface area (Å²) in [5, 5.41) is 1.46. The second kappa shape index (κ2) is 8.44. The predicted molar refractivity (Wildman–Crippen MR) is 88.8 cm³/mol. The summed E-state index contributed by atoms with van der Waals surface area (Å²) < 4.78 is 67.1. The molecule has 0 atom stereocenters. The zero-order valence-electron chi connectivity index (χ0n) is 13.9. The van der Waals surface area contributed by atoms with Gasteiger partial charge in [-0.15, -0.1) is 0 Å². The van der Waals surface area contributed by atoms with Crippen molar-refractivity contribution in [1.29, 1.82) is 0 Å². The summed E-state index contributed by atoms with van der Waals surface area (Å²) in [5.74, 6) is -2.20. The normalized spacial score (nSPS) is 15.6. The van der Waals surface area contributed by atoms with Gasteiger partial charge in [-0.05, 0) is 31.0 Å². The number of nitrogens with one attached hydrogen (secondary N) is 1. The SMILES string of the molecule is O=C(COC(=O)c1ccc(Cl)c(S(=O)(=O)N2CCCC2)c1)NCC(F)(F)F. The van der Waals surface area contributed by atoms with E-state index in [0.717, 1.165) is 6.07 Å². The van der Waals surface area contributed by atoms with Crippen LogP contribution < -0.4 is 5.32 Å². The van der Waals surface area contributed by atoms with Crippen LogP contribution in [0.5, 0.6) is 0 Å². The van der Waals surface area contributed by atoms with Crippen molar-refractivity contribution in [3.63, 3.8) is 0 Å². The average Bonchev–Trinajstić information content (AvgIpc) is 3.13. The molecule has 0 bridgehead atoms. The van der Waals surface area contributed by atoms with E-state index in [1.165, 1.54) is 16.4 Å². The van der Waals surface area contributed by atoms with Crippen molar-refractivity contribution in [3.05, 3.63) is 28.8 Å². The van der Waals surface area contributed by atoms with Gasteiger partial charge in [-0.2, -0.15) is 17.5 Å². The summed E-state index contributed by atoms with van der Waals surface area (Å²) in [6.07, 6.45) is -3.16. The fourth-order valence-electron chi connectivity index (χ4n) is 2.36. The number of alkyl halides is 3. The molecule has 1 aromatic carbocycles. The van der Waals surface area contributed by atoms with Gasteiger partial charge in [0, 0.05) is 13.1 Å². The lowest BCUT2D eigenvalue weighted by atomic mass is 10.2. The minimum atomic E-state index is -4.59. The second-order valence-corrected chi connectivity index (χ2v) is 8.04. The Bertz CT molecular complexity index is 823. The van der Waals surface area contributed by atoms with Gasteiger partial charge in [0.1, 0.15) is 11.4 Å². The number of hydrogen-bond donors (Lipinski definition) is 1. The lowest BCUT2D eigenvalue weighted by Crippen LogP contribution is -2.36. The van der Waals surface area contributed by atoms with Crippen LogP contribution in [0, 0.1) is 0 Å². The minimum Gasteiger partial charge on any atom is -0.452 e. The van der Waals surface area contributed by atoms with E-state index in [-0.39, 0.29) is 15.5 Å². The Morgan fingerprint density at radius 1 is 1.22 bits per heavy atom. The zero-order chi connectivity index (χ0) is 20.2. The number of hydrogen-bond acceptors (Lipinski definition) is 5. The summed E-state index contributed by atoms with van der Waals surface area (Å²) in [6.45, 7) is -1.81. The van der Waals surface area contributed by atoms with E-state index in [1.54, 1.807) is 5.32 Å². The number of nitrogens with zero attached hydrogens (tertiary/aromatic N) is 1. The highest BCUT2D eigenvalue weighted by molar-refractivity contribution is 7.89. The molecule has 1 N–H and O–H groups in total. The highest BCUT2D eigenvalue weighted by atomic mass is 35.5. The number of esters is 1. The highest BCUT2D eigenvalue weighted by Crippen LogP contribution is 2.28. The topological polar surface area (TPSA) is 92.8 Å². The molecule has 0 aromatic heterocycles. The van der Waals surface area contributed by atoms with Crippen LogP contribution in [0.2, 0.25) is 5.02 Å². The highest BCUT2D eigenvalue weighted by Gasteiger charge is 2.30. The van der Waals surface area contributed by atoms with E-state index in [0.29, 0.717) is 25.9 Å². The molecular formula is C15H16ClF3N2O5S. The Morgan fingerprint density at radius 3 is 2.44 bits per heavy atom. The molecule has 0 spiro atoms. The fraction of sp³-hybridized carbons (Fsp3) is 0.467. The molecule has 1 amide bonds. The maximum atomic E-state index is 12.6. The van der Waals surface area contributed by atoms with Gasteiger partial charge < -0.3 is 10.1 Å². The molecule has 1 aliphatic rings. The van der Waals surface area contributed by atoms with Crippen LogP contribution in [0.15, 0.2) is 23.1 Å². The second-order valence-electron chi connectivity index (χ2n) is 5.72. The van der Waals surface area contributed by atoms with Gasteiger partial charge in [0.2, 0.25) is 10.0 Å². The van der Waals surface area contributed by atoms with Crippen molar-refractivity contribution in [1.82, 2.24) is 9.62 Å². The van der Waals surface area contributed by atoms with Gasteiger partial charge in [-0.25, -0.2) is 13.2 Å². The van der Waals surface area contributed by atoms with Crippen molar-refractivity contribution < 1.29 is 35.9 Å². The van der Waals surface area contributed by atoms with E-state index < -0.39 is 41.2 Å². The maximum Gasteiger partial charge on any atom is 0.405 e. The first-order valence-corrected chi connectivity index (χ1v) is 9.63. The molecule has 27 heavy (non-hydrogen) atoms. The zero-order valence-corrected chi connectivity index (χ0v) is 15.5. The van der Waals surface area contributed by atoms with E-state index in [1.807, 2.05) is 0 Å². The molecule has 0 saturated carbocycles. The first kappa shape index (κ1) is 21.5. The molecule has 1 heterocycles. The average molecular weight is 429 g/mol. The van der Waals surface area contributed by atoms with Gasteiger partial charge >= 0.3 is 12.1 Å². The number of amides is 1. The van der Waals surface area contributed by atoms with Crippen LogP contribution in [-0.2, 0) is 19.6 Å². The number of carbonyl (C=O) groups is 2. The van der Waals surface area contributed by atoms with E-state index in [9.17, 15) is 31.2 Å². The van der Waals surface area contributed by atoms with Crippen molar-refractivity contribution in [2.45, 2.75) is 23.9 Å². The quantitative estimate of drug-likeness (QED) is 0.699. The van der Waals surface area contributed by atoms with Crippen LogP contribution in [0.1, 0.15) is 23.2 Å². The van der Waals surface area contributed by atoms with Crippen molar-refractivity contribution >= 4 is 33.5 Å².